The van der Waals surface area contributed by atoms with Crippen molar-refractivity contribution in [2.24, 2.45) is 22.7 Å². The molecule has 0 aromatic carbocycles. The maximum absolute atomic E-state index is 12.3. The lowest BCUT2D eigenvalue weighted by Crippen LogP contribution is -2.66. The number of rotatable bonds is 1. The summed E-state index contributed by atoms with van der Waals surface area (Å²) in [6, 6.07) is 0. The van der Waals surface area contributed by atoms with E-state index in [4.69, 9.17) is 0 Å². The molecule has 0 aromatic heterocycles. The van der Waals surface area contributed by atoms with Gasteiger partial charge in [-0.05, 0) is 62.7 Å². The second-order valence-corrected chi connectivity index (χ2v) is 9.83. The highest BCUT2D eigenvalue weighted by Crippen LogP contribution is 2.68. The summed E-state index contributed by atoms with van der Waals surface area (Å²) in [5.41, 5.74) is -2.95. The standard InChI is InChI=1S/C21H32O5/c1-12(22)21(26)17(24)11-20(25)16-5-4-13-10-14(23)6-8-18(13,2)15(16)7-9-19(20,21)3/h4,14-17,23-26H,5-11H2,1-3H3/t14-,15-,16+,17+,18-,19-,20-,21?/m0/s1. The Labute approximate surface area is 155 Å². The molecule has 4 aliphatic carbocycles. The van der Waals surface area contributed by atoms with Crippen molar-refractivity contribution in [3.63, 3.8) is 0 Å². The van der Waals surface area contributed by atoms with Gasteiger partial charge in [0.15, 0.2) is 11.4 Å². The van der Waals surface area contributed by atoms with Crippen molar-refractivity contribution < 1.29 is 25.2 Å². The molecule has 1 unspecified atom stereocenters. The number of carbonyl (C=O) groups excluding carboxylic acids is 1. The predicted octanol–water partition coefficient (Wildman–Crippen LogP) is 1.72. The lowest BCUT2D eigenvalue weighted by Gasteiger charge is -2.61. The zero-order chi connectivity index (χ0) is 19.1. The zero-order valence-corrected chi connectivity index (χ0v) is 16.0. The fourth-order valence-electron chi connectivity index (χ4n) is 7.28. The number of Topliss-reactive ketones (excluding diaryl/α,β-unsaturated/α-hetero) is 1. The minimum absolute atomic E-state index is 0.0443. The van der Waals surface area contributed by atoms with Crippen LogP contribution in [0.25, 0.3) is 0 Å². The fourth-order valence-corrected chi connectivity index (χ4v) is 7.28. The number of hydrogen-bond acceptors (Lipinski definition) is 5. The first-order valence-corrected chi connectivity index (χ1v) is 10.0. The molecular weight excluding hydrogens is 332 g/mol. The minimum atomic E-state index is -1.89. The number of aliphatic hydroxyl groups is 4. The van der Waals surface area contributed by atoms with Gasteiger partial charge < -0.3 is 20.4 Å². The van der Waals surface area contributed by atoms with Gasteiger partial charge in [0.05, 0.1) is 17.8 Å². The van der Waals surface area contributed by atoms with E-state index in [0.29, 0.717) is 19.3 Å². The summed E-state index contributed by atoms with van der Waals surface area (Å²) in [5.74, 6) is -0.302. The highest BCUT2D eigenvalue weighted by atomic mass is 16.4. The quantitative estimate of drug-likeness (QED) is 0.531. The van der Waals surface area contributed by atoms with Crippen LogP contribution in [0.1, 0.15) is 65.7 Å². The highest BCUT2D eigenvalue weighted by Gasteiger charge is 2.75. The topological polar surface area (TPSA) is 98.0 Å². The maximum atomic E-state index is 12.3. The van der Waals surface area contributed by atoms with Crippen molar-refractivity contribution in [3.8, 4) is 0 Å². The van der Waals surface area contributed by atoms with Crippen molar-refractivity contribution in [3.05, 3.63) is 11.6 Å². The first kappa shape index (κ1) is 18.6. The Hall–Kier alpha value is -0.750. The Morgan fingerprint density at radius 2 is 1.81 bits per heavy atom. The fraction of sp³-hybridized carbons (Fsp3) is 0.857. The first-order valence-electron chi connectivity index (χ1n) is 10.0. The molecule has 0 aliphatic heterocycles. The van der Waals surface area contributed by atoms with Crippen LogP contribution in [-0.4, -0.2) is 49.6 Å². The normalized spacial score (nSPS) is 56.2. The molecule has 0 radical (unpaired) electrons. The molecule has 5 nitrogen and oxygen atoms in total. The molecule has 4 aliphatic rings. The van der Waals surface area contributed by atoms with Crippen LogP contribution >= 0.6 is 0 Å². The van der Waals surface area contributed by atoms with Crippen LogP contribution in [0, 0.1) is 22.7 Å². The largest absolute Gasteiger partial charge is 0.393 e. The molecule has 0 amide bonds. The van der Waals surface area contributed by atoms with Crippen LogP contribution in [0.5, 0.6) is 0 Å². The van der Waals surface area contributed by atoms with E-state index in [1.54, 1.807) is 6.92 Å². The van der Waals surface area contributed by atoms with Gasteiger partial charge in [-0.2, -0.15) is 0 Å². The van der Waals surface area contributed by atoms with Crippen molar-refractivity contribution in [2.75, 3.05) is 0 Å². The van der Waals surface area contributed by atoms with Gasteiger partial charge >= 0.3 is 0 Å². The average molecular weight is 364 g/mol. The monoisotopic (exact) mass is 364 g/mol. The number of carbonyl (C=O) groups is 1. The number of fused-ring (bicyclic) bond motifs is 5. The lowest BCUT2D eigenvalue weighted by atomic mass is 9.45. The molecule has 0 bridgehead atoms. The van der Waals surface area contributed by atoms with Crippen LogP contribution in [0.15, 0.2) is 11.6 Å². The summed E-state index contributed by atoms with van der Waals surface area (Å²) in [4.78, 5) is 12.3. The third kappa shape index (κ3) is 1.93. The van der Waals surface area contributed by atoms with Crippen molar-refractivity contribution in [1.82, 2.24) is 0 Å². The number of allylic oxidation sites excluding steroid dienone is 1. The Morgan fingerprint density at radius 3 is 2.46 bits per heavy atom. The summed E-state index contributed by atoms with van der Waals surface area (Å²) in [6.07, 6.45) is 5.08. The molecule has 3 fully saturated rings. The van der Waals surface area contributed by atoms with Crippen molar-refractivity contribution in [2.45, 2.75) is 89.1 Å². The molecule has 5 heteroatoms. The molecule has 4 rings (SSSR count). The summed E-state index contributed by atoms with van der Waals surface area (Å²) in [5, 5.41) is 43.7. The summed E-state index contributed by atoms with van der Waals surface area (Å²) in [6.45, 7) is 5.35. The predicted molar refractivity (Wildman–Crippen MR) is 96.2 cm³/mol. The van der Waals surface area contributed by atoms with Gasteiger partial charge in [0.25, 0.3) is 0 Å². The van der Waals surface area contributed by atoms with Gasteiger partial charge in [0.1, 0.15) is 0 Å². The Bertz CT molecular complexity index is 673. The second kappa shape index (κ2) is 5.40. The van der Waals surface area contributed by atoms with Crippen molar-refractivity contribution >= 4 is 5.78 Å². The molecule has 0 saturated heterocycles. The lowest BCUT2D eigenvalue weighted by molar-refractivity contribution is -0.217. The van der Waals surface area contributed by atoms with Crippen LogP contribution in [0.3, 0.4) is 0 Å². The Kier molecular flexibility index (Phi) is 3.87. The maximum Gasteiger partial charge on any atom is 0.164 e. The third-order valence-corrected chi connectivity index (χ3v) is 9.00. The Morgan fingerprint density at radius 1 is 1.12 bits per heavy atom. The number of aliphatic hydroxyl groups excluding tert-OH is 2. The van der Waals surface area contributed by atoms with Gasteiger partial charge in [0.2, 0.25) is 0 Å². The average Bonchev–Trinajstić information content (AvgIpc) is 2.73. The van der Waals surface area contributed by atoms with Crippen LogP contribution < -0.4 is 0 Å². The van der Waals surface area contributed by atoms with E-state index in [9.17, 15) is 25.2 Å². The van der Waals surface area contributed by atoms with Gasteiger partial charge in [-0.1, -0.05) is 25.5 Å². The highest BCUT2D eigenvalue weighted by molar-refractivity contribution is 5.87. The molecular formula is C21H32O5. The zero-order valence-electron chi connectivity index (χ0n) is 16.0. The van der Waals surface area contributed by atoms with E-state index >= 15 is 0 Å². The van der Waals surface area contributed by atoms with Crippen LogP contribution in [-0.2, 0) is 4.79 Å². The summed E-state index contributed by atoms with van der Waals surface area (Å²) in [7, 11) is 0. The third-order valence-electron chi connectivity index (χ3n) is 9.00. The first-order chi connectivity index (χ1) is 12.0. The van der Waals surface area contributed by atoms with E-state index < -0.39 is 28.5 Å². The molecule has 8 atom stereocenters. The molecule has 0 spiro atoms. The van der Waals surface area contributed by atoms with E-state index in [-0.39, 0.29) is 29.8 Å². The number of ketones is 1. The van der Waals surface area contributed by atoms with E-state index in [1.807, 2.05) is 0 Å². The molecule has 0 heterocycles. The molecule has 26 heavy (non-hydrogen) atoms. The molecule has 0 aromatic rings. The van der Waals surface area contributed by atoms with E-state index in [1.165, 1.54) is 12.5 Å². The van der Waals surface area contributed by atoms with Gasteiger partial charge in [-0.25, -0.2) is 0 Å². The smallest absolute Gasteiger partial charge is 0.164 e. The van der Waals surface area contributed by atoms with E-state index in [0.717, 1.165) is 19.3 Å². The molecule has 146 valence electrons. The second-order valence-electron chi connectivity index (χ2n) is 9.83. The van der Waals surface area contributed by atoms with Crippen LogP contribution in [0.4, 0.5) is 0 Å². The summed E-state index contributed by atoms with van der Waals surface area (Å²) < 4.78 is 0. The summed E-state index contributed by atoms with van der Waals surface area (Å²) >= 11 is 0. The SMILES string of the molecule is CC(=O)C1(O)[C@H](O)C[C@]2(O)[C@@H]3CC=C4C[C@@H](O)CC[C@]4(C)[C@H]3CC[C@]12C. The van der Waals surface area contributed by atoms with Gasteiger partial charge in [-0.3, -0.25) is 4.79 Å². The van der Waals surface area contributed by atoms with Gasteiger partial charge in [-0.15, -0.1) is 0 Å². The van der Waals surface area contributed by atoms with Crippen molar-refractivity contribution in [1.29, 1.82) is 0 Å². The number of hydrogen-bond donors (Lipinski definition) is 4. The molecule has 3 saturated carbocycles. The Balaban J connectivity index is 1.78. The van der Waals surface area contributed by atoms with Gasteiger partial charge in [0, 0.05) is 11.8 Å². The van der Waals surface area contributed by atoms with E-state index in [2.05, 4.69) is 13.0 Å². The van der Waals surface area contributed by atoms with Crippen LogP contribution in [0.2, 0.25) is 0 Å². The molecule has 4 N–H and O–H groups in total. The minimum Gasteiger partial charge on any atom is -0.393 e.